The minimum atomic E-state index is 0.0141. The van der Waals surface area contributed by atoms with E-state index in [4.69, 9.17) is 11.6 Å². The number of aromatic nitrogens is 1. The van der Waals surface area contributed by atoms with Gasteiger partial charge in [-0.15, -0.1) is 11.3 Å². The minimum absolute atomic E-state index is 0.0141. The lowest BCUT2D eigenvalue weighted by Gasteiger charge is -2.15. The Balaban J connectivity index is 2.06. The normalized spacial score (nSPS) is 12.5. The molecular weight excluding hydrogens is 316 g/mol. The van der Waals surface area contributed by atoms with Crippen molar-refractivity contribution in [3.63, 3.8) is 0 Å². The highest BCUT2D eigenvalue weighted by Gasteiger charge is 2.23. The number of carbonyl (C=O) groups excluding carboxylic acids is 1. The first-order valence-electron chi connectivity index (χ1n) is 7.26. The van der Waals surface area contributed by atoms with Crippen molar-refractivity contribution in [3.05, 3.63) is 57.4 Å². The van der Waals surface area contributed by atoms with Gasteiger partial charge in [0, 0.05) is 40.9 Å². The molecule has 5 heteroatoms. The number of carbonyl (C=O) groups is 1. The van der Waals surface area contributed by atoms with Crippen LogP contribution < -0.4 is 5.32 Å². The molecule has 1 unspecified atom stereocenters. The van der Waals surface area contributed by atoms with E-state index in [9.17, 15) is 4.79 Å². The molecule has 3 rings (SSSR count). The third kappa shape index (κ3) is 2.89. The van der Waals surface area contributed by atoms with Crippen molar-refractivity contribution in [2.24, 2.45) is 0 Å². The van der Waals surface area contributed by atoms with Gasteiger partial charge in [-0.25, -0.2) is 0 Å². The summed E-state index contributed by atoms with van der Waals surface area (Å²) in [4.78, 5) is 16.6. The van der Waals surface area contributed by atoms with E-state index in [0.29, 0.717) is 18.0 Å². The van der Waals surface area contributed by atoms with Crippen LogP contribution in [0.1, 0.15) is 29.7 Å². The zero-order valence-corrected chi connectivity index (χ0v) is 13.8. The van der Waals surface area contributed by atoms with Gasteiger partial charge in [-0.2, -0.15) is 0 Å². The number of amides is 1. The number of nitrogens with one attached hydrogen (secondary N) is 2. The van der Waals surface area contributed by atoms with E-state index >= 15 is 0 Å². The average molecular weight is 333 g/mol. The van der Waals surface area contributed by atoms with E-state index < -0.39 is 0 Å². The first kappa shape index (κ1) is 15.1. The molecule has 0 spiro atoms. The molecule has 1 amide bonds. The summed E-state index contributed by atoms with van der Waals surface area (Å²) in [6, 6.07) is 9.90. The molecule has 3 nitrogen and oxygen atoms in total. The molecule has 2 N–H and O–H groups in total. The van der Waals surface area contributed by atoms with Gasteiger partial charge in [0.25, 0.3) is 0 Å². The first-order valence-corrected chi connectivity index (χ1v) is 8.52. The predicted molar refractivity (Wildman–Crippen MR) is 92.8 cm³/mol. The molecular formula is C17H17ClN2OS. The quantitative estimate of drug-likeness (QED) is 0.707. The second-order valence-corrected chi connectivity index (χ2v) is 6.52. The van der Waals surface area contributed by atoms with Gasteiger partial charge in [0.05, 0.1) is 5.02 Å². The fourth-order valence-electron chi connectivity index (χ4n) is 2.75. The van der Waals surface area contributed by atoms with Crippen LogP contribution in [-0.4, -0.2) is 17.4 Å². The molecule has 0 aliphatic carbocycles. The lowest BCUT2D eigenvalue weighted by atomic mass is 9.93. The summed E-state index contributed by atoms with van der Waals surface area (Å²) in [5.74, 6) is 0.0718. The zero-order chi connectivity index (χ0) is 15.5. The molecule has 22 heavy (non-hydrogen) atoms. The smallest absolute Gasteiger partial charge is 0.220 e. The fraction of sp³-hybridized carbons (Fsp3) is 0.235. The lowest BCUT2D eigenvalue weighted by Crippen LogP contribution is -2.24. The highest BCUT2D eigenvalue weighted by Crippen LogP contribution is 2.38. The van der Waals surface area contributed by atoms with Gasteiger partial charge < -0.3 is 10.3 Å². The largest absolute Gasteiger partial charge is 0.361 e. The standard InChI is InChI=1S/C17H17ClN2OS/c1-2-19-16(21)9-11(15-7-4-8-22-15)12-10-20-14-6-3-5-13(18)17(12)14/h3-8,10-11,20H,2,9H2,1H3,(H,19,21). The molecule has 0 fully saturated rings. The van der Waals surface area contributed by atoms with Crippen molar-refractivity contribution < 1.29 is 4.79 Å². The number of rotatable bonds is 5. The second kappa shape index (κ2) is 6.55. The number of halogens is 1. The molecule has 114 valence electrons. The van der Waals surface area contributed by atoms with Crippen LogP contribution in [0.2, 0.25) is 5.02 Å². The SMILES string of the molecule is CCNC(=O)CC(c1cccs1)c1c[nH]c2cccc(Cl)c12. The van der Waals surface area contributed by atoms with Gasteiger partial charge in [0.2, 0.25) is 5.91 Å². The van der Waals surface area contributed by atoms with Crippen LogP contribution >= 0.6 is 22.9 Å². The second-order valence-electron chi connectivity index (χ2n) is 5.13. The van der Waals surface area contributed by atoms with Gasteiger partial charge in [-0.3, -0.25) is 4.79 Å². The van der Waals surface area contributed by atoms with Gasteiger partial charge in [0.15, 0.2) is 0 Å². The number of hydrogen-bond acceptors (Lipinski definition) is 2. The highest BCUT2D eigenvalue weighted by atomic mass is 35.5. The molecule has 0 aliphatic rings. The third-order valence-corrected chi connectivity index (χ3v) is 5.01. The Labute approximate surface area is 138 Å². The van der Waals surface area contributed by atoms with Crippen LogP contribution in [-0.2, 0) is 4.79 Å². The van der Waals surface area contributed by atoms with Crippen LogP contribution in [0.25, 0.3) is 10.9 Å². The van der Waals surface area contributed by atoms with Crippen LogP contribution in [0, 0.1) is 0 Å². The summed E-state index contributed by atoms with van der Waals surface area (Å²) in [5, 5.41) is 6.64. The molecule has 3 aromatic rings. The Morgan fingerprint density at radius 2 is 2.23 bits per heavy atom. The van der Waals surface area contributed by atoms with Crippen molar-refractivity contribution in [3.8, 4) is 0 Å². The predicted octanol–water partition coefficient (Wildman–Crippen LogP) is 4.54. The fourth-order valence-corrected chi connectivity index (χ4v) is 3.88. The first-order chi connectivity index (χ1) is 10.7. The maximum Gasteiger partial charge on any atom is 0.220 e. The molecule has 0 saturated carbocycles. The number of thiophene rings is 1. The number of H-pyrrole nitrogens is 1. The summed E-state index contributed by atoms with van der Waals surface area (Å²) in [6.45, 7) is 2.57. The Bertz CT molecular complexity index is 779. The van der Waals surface area contributed by atoms with Crippen molar-refractivity contribution in [1.29, 1.82) is 0 Å². The Hall–Kier alpha value is -1.78. The summed E-state index contributed by atoms with van der Waals surface area (Å²) in [7, 11) is 0. The lowest BCUT2D eigenvalue weighted by molar-refractivity contribution is -0.121. The molecule has 0 radical (unpaired) electrons. The molecule has 1 atom stereocenters. The van der Waals surface area contributed by atoms with Gasteiger partial charge in [-0.1, -0.05) is 23.7 Å². The molecule has 2 heterocycles. The summed E-state index contributed by atoms with van der Waals surface area (Å²) in [6.07, 6.45) is 2.40. The number of fused-ring (bicyclic) bond motifs is 1. The van der Waals surface area contributed by atoms with E-state index in [-0.39, 0.29) is 11.8 Å². The number of hydrogen-bond donors (Lipinski definition) is 2. The van der Waals surface area contributed by atoms with Crippen LogP contribution in [0.4, 0.5) is 0 Å². The van der Waals surface area contributed by atoms with Gasteiger partial charge in [-0.05, 0) is 36.1 Å². The average Bonchev–Trinajstić information content (AvgIpc) is 3.15. The monoisotopic (exact) mass is 332 g/mol. The highest BCUT2D eigenvalue weighted by molar-refractivity contribution is 7.10. The minimum Gasteiger partial charge on any atom is -0.361 e. The molecule has 0 bridgehead atoms. The Morgan fingerprint density at radius 3 is 2.95 bits per heavy atom. The van der Waals surface area contributed by atoms with E-state index in [1.54, 1.807) is 11.3 Å². The zero-order valence-electron chi connectivity index (χ0n) is 12.2. The summed E-state index contributed by atoms with van der Waals surface area (Å²) in [5.41, 5.74) is 2.08. The van der Waals surface area contributed by atoms with Crippen LogP contribution in [0.15, 0.2) is 41.9 Å². The molecule has 1 aromatic carbocycles. The summed E-state index contributed by atoms with van der Waals surface area (Å²) < 4.78 is 0. The topological polar surface area (TPSA) is 44.9 Å². The molecule has 2 aromatic heterocycles. The van der Waals surface area contributed by atoms with Crippen LogP contribution in [0.3, 0.4) is 0 Å². The van der Waals surface area contributed by atoms with E-state index in [1.165, 1.54) is 4.88 Å². The van der Waals surface area contributed by atoms with E-state index in [1.807, 2.05) is 42.8 Å². The molecule has 0 saturated heterocycles. The third-order valence-electron chi connectivity index (χ3n) is 3.71. The van der Waals surface area contributed by atoms with Crippen LogP contribution in [0.5, 0.6) is 0 Å². The van der Waals surface area contributed by atoms with E-state index in [0.717, 1.165) is 16.5 Å². The van der Waals surface area contributed by atoms with Crippen molar-refractivity contribution in [1.82, 2.24) is 10.3 Å². The molecule has 0 aliphatic heterocycles. The Morgan fingerprint density at radius 1 is 1.36 bits per heavy atom. The maximum atomic E-state index is 12.1. The van der Waals surface area contributed by atoms with Gasteiger partial charge in [0.1, 0.15) is 0 Å². The van der Waals surface area contributed by atoms with E-state index in [2.05, 4.69) is 16.4 Å². The summed E-state index contributed by atoms with van der Waals surface area (Å²) >= 11 is 8.06. The van der Waals surface area contributed by atoms with Gasteiger partial charge >= 0.3 is 0 Å². The maximum absolute atomic E-state index is 12.1. The van der Waals surface area contributed by atoms with Crippen molar-refractivity contribution in [2.75, 3.05) is 6.54 Å². The van der Waals surface area contributed by atoms with Crippen molar-refractivity contribution >= 4 is 39.7 Å². The number of benzene rings is 1. The van der Waals surface area contributed by atoms with Crippen molar-refractivity contribution in [2.45, 2.75) is 19.3 Å². The Kier molecular flexibility index (Phi) is 4.50. The number of aromatic amines is 1.